The lowest BCUT2D eigenvalue weighted by atomic mass is 9.95. The Morgan fingerprint density at radius 3 is 2.55 bits per heavy atom. The van der Waals surface area contributed by atoms with Crippen LogP contribution in [0.15, 0.2) is 24.7 Å². The van der Waals surface area contributed by atoms with Gasteiger partial charge in [-0.25, -0.2) is 24.9 Å². The Morgan fingerprint density at radius 2 is 1.84 bits per heavy atom. The van der Waals surface area contributed by atoms with Crippen molar-refractivity contribution in [2.45, 2.75) is 65.3 Å². The van der Waals surface area contributed by atoms with E-state index in [1.807, 2.05) is 31.6 Å². The molecule has 0 bridgehead atoms. The van der Waals surface area contributed by atoms with Crippen LogP contribution >= 0.6 is 11.3 Å². The first-order valence-corrected chi connectivity index (χ1v) is 12.0. The van der Waals surface area contributed by atoms with Gasteiger partial charge >= 0.3 is 0 Å². The summed E-state index contributed by atoms with van der Waals surface area (Å²) in [5.41, 5.74) is 2.17. The van der Waals surface area contributed by atoms with Gasteiger partial charge in [-0.05, 0) is 39.3 Å². The molecule has 3 aromatic rings. The van der Waals surface area contributed by atoms with Crippen molar-refractivity contribution < 1.29 is 0 Å². The van der Waals surface area contributed by atoms with Crippen LogP contribution < -0.4 is 5.32 Å². The Hall–Kier alpha value is -2.45. The number of nitrogens with zero attached hydrogens (tertiary/aromatic N) is 6. The highest BCUT2D eigenvalue weighted by Crippen LogP contribution is 2.29. The molecule has 3 aromatic heterocycles. The molecule has 0 aromatic carbocycles. The highest BCUT2D eigenvalue weighted by atomic mass is 32.1. The van der Waals surface area contributed by atoms with Gasteiger partial charge in [0.15, 0.2) is 5.13 Å². The monoisotopic (exact) mass is 437 g/mol. The van der Waals surface area contributed by atoms with Crippen LogP contribution in [-0.2, 0) is 19.4 Å². The molecule has 1 saturated heterocycles. The van der Waals surface area contributed by atoms with Gasteiger partial charge in [-0.1, -0.05) is 20.3 Å². The second-order valence-electron chi connectivity index (χ2n) is 8.17. The van der Waals surface area contributed by atoms with E-state index in [-0.39, 0.29) is 0 Å². The lowest BCUT2D eigenvalue weighted by Crippen LogP contribution is -2.33. The third-order valence-electron chi connectivity index (χ3n) is 5.59. The summed E-state index contributed by atoms with van der Waals surface area (Å²) >= 11 is 1.70. The van der Waals surface area contributed by atoms with Gasteiger partial charge in [0, 0.05) is 59.7 Å². The average molecular weight is 438 g/mol. The fourth-order valence-electron chi connectivity index (χ4n) is 3.93. The van der Waals surface area contributed by atoms with Crippen LogP contribution in [0.3, 0.4) is 0 Å². The smallest absolute Gasteiger partial charge is 0.188 e. The zero-order valence-corrected chi connectivity index (χ0v) is 19.5. The van der Waals surface area contributed by atoms with E-state index in [9.17, 15) is 0 Å². The Balaban J connectivity index is 1.36. The number of aryl methyl sites for hydroxylation is 3. The van der Waals surface area contributed by atoms with E-state index in [4.69, 9.17) is 9.97 Å². The number of rotatable bonds is 8. The van der Waals surface area contributed by atoms with Gasteiger partial charge in [0.25, 0.3) is 0 Å². The zero-order valence-electron chi connectivity index (χ0n) is 18.6. The lowest BCUT2D eigenvalue weighted by Gasteiger charge is -2.31. The van der Waals surface area contributed by atoms with Gasteiger partial charge in [-0.15, -0.1) is 11.3 Å². The number of likely N-dealkylation sites (tertiary alicyclic amines) is 1. The molecule has 1 aliphatic rings. The molecule has 0 amide bonds. The molecule has 1 aliphatic heterocycles. The summed E-state index contributed by atoms with van der Waals surface area (Å²) in [6.45, 7) is 9.28. The molecular formula is C23H31N7S. The summed E-state index contributed by atoms with van der Waals surface area (Å²) < 4.78 is 0. The molecule has 7 nitrogen and oxygen atoms in total. The van der Waals surface area contributed by atoms with Crippen molar-refractivity contribution in [1.29, 1.82) is 0 Å². The van der Waals surface area contributed by atoms with Crippen molar-refractivity contribution in [3.63, 3.8) is 0 Å². The van der Waals surface area contributed by atoms with Crippen LogP contribution in [0.2, 0.25) is 0 Å². The molecule has 4 heterocycles. The summed E-state index contributed by atoms with van der Waals surface area (Å²) in [5.74, 6) is 3.09. The molecule has 4 rings (SSSR count). The molecule has 0 spiro atoms. The van der Waals surface area contributed by atoms with Crippen LogP contribution in [0.25, 0.3) is 0 Å². The summed E-state index contributed by atoms with van der Waals surface area (Å²) in [7, 11) is 0. The standard InChI is InChI=1S/C23H31N7S/c1-4-6-19-14-26-23(31-19)29-21-11-16(3)27-22(28-21)18-7-9-30(10-8-18)15-17-12-24-20(5-2)25-13-17/h11-14,18H,4-10,15H2,1-3H3,(H,26,27,28,29). The fourth-order valence-corrected chi connectivity index (χ4v) is 4.85. The van der Waals surface area contributed by atoms with Crippen LogP contribution in [0.5, 0.6) is 0 Å². The van der Waals surface area contributed by atoms with Crippen molar-refractivity contribution >= 4 is 22.3 Å². The number of piperidine rings is 1. The van der Waals surface area contributed by atoms with Crippen molar-refractivity contribution in [2.75, 3.05) is 18.4 Å². The maximum atomic E-state index is 4.84. The zero-order chi connectivity index (χ0) is 21.6. The highest BCUT2D eigenvalue weighted by molar-refractivity contribution is 7.15. The van der Waals surface area contributed by atoms with Crippen LogP contribution in [0.1, 0.15) is 66.8 Å². The predicted octanol–water partition coefficient (Wildman–Crippen LogP) is 4.67. The maximum absolute atomic E-state index is 4.84. The second kappa shape index (κ2) is 10.2. The highest BCUT2D eigenvalue weighted by Gasteiger charge is 2.23. The van der Waals surface area contributed by atoms with Crippen molar-refractivity contribution in [2.24, 2.45) is 0 Å². The molecule has 0 unspecified atom stereocenters. The summed E-state index contributed by atoms with van der Waals surface area (Å²) in [4.78, 5) is 26.7. The number of nitrogens with one attached hydrogen (secondary N) is 1. The van der Waals surface area contributed by atoms with Crippen molar-refractivity contribution in [3.05, 3.63) is 52.4 Å². The van der Waals surface area contributed by atoms with E-state index in [0.717, 1.165) is 80.0 Å². The normalized spacial score (nSPS) is 15.3. The van der Waals surface area contributed by atoms with Gasteiger partial charge < -0.3 is 5.32 Å². The molecule has 164 valence electrons. The van der Waals surface area contributed by atoms with Gasteiger partial charge in [-0.3, -0.25) is 4.90 Å². The SMILES string of the molecule is CCCc1cnc(Nc2cc(C)nc(C3CCN(Cc4cnc(CC)nc4)CC3)n2)s1. The van der Waals surface area contributed by atoms with Crippen LogP contribution in [0.4, 0.5) is 10.9 Å². The van der Waals surface area contributed by atoms with E-state index in [1.165, 1.54) is 10.4 Å². The number of anilines is 2. The van der Waals surface area contributed by atoms with Crippen LogP contribution in [0, 0.1) is 6.92 Å². The quantitative estimate of drug-likeness (QED) is 0.548. The first-order valence-electron chi connectivity index (χ1n) is 11.2. The van der Waals surface area contributed by atoms with E-state index in [0.29, 0.717) is 5.92 Å². The summed E-state index contributed by atoms with van der Waals surface area (Å²) in [6, 6.07) is 2.00. The van der Waals surface area contributed by atoms with Crippen LogP contribution in [-0.4, -0.2) is 42.9 Å². The minimum atomic E-state index is 0.391. The molecule has 1 N–H and O–H groups in total. The number of thiazole rings is 1. The van der Waals surface area contributed by atoms with Gasteiger partial charge in [-0.2, -0.15) is 0 Å². The molecule has 0 saturated carbocycles. The Bertz CT molecular complexity index is 978. The number of aromatic nitrogens is 5. The lowest BCUT2D eigenvalue weighted by molar-refractivity contribution is 0.201. The molecule has 8 heteroatoms. The first kappa shape index (κ1) is 21.8. The molecule has 0 radical (unpaired) electrons. The van der Waals surface area contributed by atoms with E-state index in [1.54, 1.807) is 11.3 Å². The maximum Gasteiger partial charge on any atom is 0.188 e. The topological polar surface area (TPSA) is 79.7 Å². The fraction of sp³-hybridized carbons (Fsp3) is 0.522. The Kier molecular flexibility index (Phi) is 7.19. The summed E-state index contributed by atoms with van der Waals surface area (Å²) in [6.07, 6.45) is 11.1. The third-order valence-corrected chi connectivity index (χ3v) is 6.56. The average Bonchev–Trinajstić information content (AvgIpc) is 3.21. The number of hydrogen-bond acceptors (Lipinski definition) is 8. The Morgan fingerprint density at radius 1 is 1.06 bits per heavy atom. The molecule has 1 fully saturated rings. The van der Waals surface area contributed by atoms with E-state index >= 15 is 0 Å². The summed E-state index contributed by atoms with van der Waals surface area (Å²) in [5, 5.41) is 4.29. The van der Waals surface area contributed by atoms with Gasteiger partial charge in [0.2, 0.25) is 0 Å². The largest absolute Gasteiger partial charge is 0.316 e. The molecule has 31 heavy (non-hydrogen) atoms. The van der Waals surface area contributed by atoms with Gasteiger partial charge in [0.1, 0.15) is 17.5 Å². The minimum Gasteiger partial charge on any atom is -0.316 e. The molecule has 0 aliphatic carbocycles. The Labute approximate surface area is 188 Å². The van der Waals surface area contributed by atoms with E-state index < -0.39 is 0 Å². The minimum absolute atomic E-state index is 0.391. The number of hydrogen-bond donors (Lipinski definition) is 1. The first-order chi connectivity index (χ1) is 15.1. The third kappa shape index (κ3) is 5.83. The molecule has 0 atom stereocenters. The van der Waals surface area contributed by atoms with Crippen molar-refractivity contribution in [3.8, 4) is 0 Å². The van der Waals surface area contributed by atoms with Gasteiger partial charge in [0.05, 0.1) is 0 Å². The molecular weight excluding hydrogens is 406 g/mol. The second-order valence-corrected chi connectivity index (χ2v) is 9.29. The van der Waals surface area contributed by atoms with Crippen molar-refractivity contribution in [1.82, 2.24) is 29.8 Å². The van der Waals surface area contributed by atoms with E-state index in [2.05, 4.69) is 39.0 Å². The predicted molar refractivity (Wildman–Crippen MR) is 125 cm³/mol.